The van der Waals surface area contributed by atoms with E-state index in [1.807, 2.05) is 0 Å². The molecular formula is C10H10N4O4. The lowest BCUT2D eigenvalue weighted by atomic mass is 10.4. The highest BCUT2D eigenvalue weighted by molar-refractivity contribution is 5.73. The second kappa shape index (κ2) is 4.32. The van der Waals surface area contributed by atoms with Gasteiger partial charge in [0.1, 0.15) is 11.3 Å². The van der Waals surface area contributed by atoms with E-state index in [4.69, 9.17) is 5.11 Å². The number of carboxylic acids is 1. The van der Waals surface area contributed by atoms with Gasteiger partial charge < -0.3 is 10.1 Å². The molecule has 0 amide bonds. The van der Waals surface area contributed by atoms with E-state index in [2.05, 4.69) is 15.0 Å². The smallest absolute Gasteiger partial charge is 0.329 e. The minimum atomic E-state index is -0.965. The largest absolute Gasteiger partial charge is 0.481 e. The second-order valence-corrected chi connectivity index (χ2v) is 3.64. The Bertz CT molecular complexity index is 749. The van der Waals surface area contributed by atoms with Crippen molar-refractivity contribution in [1.82, 2.24) is 19.5 Å². The van der Waals surface area contributed by atoms with Gasteiger partial charge in [-0.3, -0.25) is 19.1 Å². The zero-order valence-corrected chi connectivity index (χ0v) is 9.43. The molecule has 0 fully saturated rings. The van der Waals surface area contributed by atoms with Gasteiger partial charge in [-0.05, 0) is 6.08 Å². The molecule has 18 heavy (non-hydrogen) atoms. The van der Waals surface area contributed by atoms with E-state index in [-0.39, 0.29) is 17.6 Å². The summed E-state index contributed by atoms with van der Waals surface area (Å²) in [5, 5.41) is 8.47. The van der Waals surface area contributed by atoms with Crippen molar-refractivity contribution >= 4 is 23.2 Å². The molecule has 0 spiro atoms. The van der Waals surface area contributed by atoms with Crippen LogP contribution in [0.5, 0.6) is 0 Å². The minimum absolute atomic E-state index is 0.146. The first-order chi connectivity index (χ1) is 8.49. The SMILES string of the molecule is Cn1c(=O)[nH]c(=O)c2[nH]c(C=CCC(=O)O)nc21. The predicted octanol–water partition coefficient (Wildman–Crippen LogP) is -0.562. The Morgan fingerprint density at radius 3 is 2.83 bits per heavy atom. The number of rotatable bonds is 3. The lowest BCUT2D eigenvalue weighted by molar-refractivity contribution is -0.135. The van der Waals surface area contributed by atoms with E-state index in [0.717, 1.165) is 0 Å². The van der Waals surface area contributed by atoms with Crippen molar-refractivity contribution in [2.75, 3.05) is 0 Å². The van der Waals surface area contributed by atoms with Crippen molar-refractivity contribution in [2.24, 2.45) is 7.05 Å². The molecule has 0 aliphatic heterocycles. The zero-order valence-electron chi connectivity index (χ0n) is 9.43. The van der Waals surface area contributed by atoms with Crippen molar-refractivity contribution in [2.45, 2.75) is 6.42 Å². The molecule has 3 N–H and O–H groups in total. The van der Waals surface area contributed by atoms with Gasteiger partial charge in [-0.2, -0.15) is 0 Å². The Hall–Kier alpha value is -2.64. The summed E-state index contributed by atoms with van der Waals surface area (Å²) in [6.07, 6.45) is 2.69. The molecule has 2 heterocycles. The van der Waals surface area contributed by atoms with Gasteiger partial charge in [-0.1, -0.05) is 6.08 Å². The number of H-pyrrole nitrogens is 2. The first kappa shape index (κ1) is 11.8. The summed E-state index contributed by atoms with van der Waals surface area (Å²) in [7, 11) is 1.48. The van der Waals surface area contributed by atoms with Gasteiger partial charge in [-0.15, -0.1) is 0 Å². The highest BCUT2D eigenvalue weighted by Crippen LogP contribution is 2.05. The molecule has 0 saturated heterocycles. The number of nitrogens with zero attached hydrogens (tertiary/aromatic N) is 2. The van der Waals surface area contributed by atoms with Crippen LogP contribution in [0.15, 0.2) is 15.7 Å². The molecule has 0 atom stereocenters. The fraction of sp³-hybridized carbons (Fsp3) is 0.200. The first-order valence-electron chi connectivity index (χ1n) is 5.06. The molecule has 0 aromatic carbocycles. The van der Waals surface area contributed by atoms with Gasteiger partial charge in [0.15, 0.2) is 5.65 Å². The Morgan fingerprint density at radius 1 is 1.44 bits per heavy atom. The van der Waals surface area contributed by atoms with Gasteiger partial charge in [-0.25, -0.2) is 9.78 Å². The maximum Gasteiger partial charge on any atom is 0.329 e. The number of imidazole rings is 1. The van der Waals surface area contributed by atoms with E-state index in [0.29, 0.717) is 5.82 Å². The summed E-state index contributed by atoms with van der Waals surface area (Å²) >= 11 is 0. The second-order valence-electron chi connectivity index (χ2n) is 3.64. The van der Waals surface area contributed by atoms with Gasteiger partial charge in [0.05, 0.1) is 6.42 Å². The Kier molecular flexibility index (Phi) is 2.84. The van der Waals surface area contributed by atoms with E-state index in [9.17, 15) is 14.4 Å². The maximum absolute atomic E-state index is 11.5. The molecule has 8 heteroatoms. The highest BCUT2D eigenvalue weighted by Gasteiger charge is 2.08. The van der Waals surface area contributed by atoms with Gasteiger partial charge >= 0.3 is 11.7 Å². The number of aryl methyl sites for hydroxylation is 1. The lowest BCUT2D eigenvalue weighted by Crippen LogP contribution is -2.28. The van der Waals surface area contributed by atoms with Crippen LogP contribution in [0.2, 0.25) is 0 Å². The Labute approximate surface area is 99.6 Å². The van der Waals surface area contributed by atoms with Crippen LogP contribution >= 0.6 is 0 Å². The van der Waals surface area contributed by atoms with Crippen LogP contribution in [0.1, 0.15) is 12.2 Å². The molecule has 0 saturated carbocycles. The third kappa shape index (κ3) is 2.08. The monoisotopic (exact) mass is 250 g/mol. The van der Waals surface area contributed by atoms with Crippen LogP contribution in [0.25, 0.3) is 17.2 Å². The van der Waals surface area contributed by atoms with E-state index in [1.54, 1.807) is 0 Å². The van der Waals surface area contributed by atoms with E-state index >= 15 is 0 Å². The molecule has 0 unspecified atom stereocenters. The van der Waals surface area contributed by atoms with E-state index in [1.165, 1.54) is 23.8 Å². The molecule has 8 nitrogen and oxygen atoms in total. The third-order valence-corrected chi connectivity index (χ3v) is 2.34. The van der Waals surface area contributed by atoms with Crippen molar-refractivity contribution in [1.29, 1.82) is 0 Å². The molecule has 94 valence electrons. The third-order valence-electron chi connectivity index (χ3n) is 2.34. The molecular weight excluding hydrogens is 240 g/mol. The number of hydrogen-bond donors (Lipinski definition) is 3. The Morgan fingerprint density at radius 2 is 2.17 bits per heavy atom. The summed E-state index contributed by atoms with van der Waals surface area (Å²) in [5.74, 6) is -0.648. The van der Waals surface area contributed by atoms with Crippen LogP contribution in [-0.2, 0) is 11.8 Å². The number of aromatic nitrogens is 4. The van der Waals surface area contributed by atoms with Crippen molar-refractivity contribution in [3.05, 3.63) is 32.7 Å². The minimum Gasteiger partial charge on any atom is -0.481 e. The summed E-state index contributed by atoms with van der Waals surface area (Å²) in [4.78, 5) is 42.0. The highest BCUT2D eigenvalue weighted by atomic mass is 16.4. The number of carboxylic acid groups (broad SMARTS) is 1. The first-order valence-corrected chi connectivity index (χ1v) is 5.06. The van der Waals surface area contributed by atoms with Crippen LogP contribution in [0.4, 0.5) is 0 Å². The summed E-state index contributed by atoms with van der Waals surface area (Å²) in [6.45, 7) is 0. The molecule has 0 bridgehead atoms. The average Bonchev–Trinajstić information content (AvgIpc) is 2.70. The molecule has 0 radical (unpaired) electrons. The molecule has 2 rings (SSSR count). The normalized spacial score (nSPS) is 11.4. The number of aromatic amines is 2. The summed E-state index contributed by atoms with van der Waals surface area (Å²) < 4.78 is 1.20. The van der Waals surface area contributed by atoms with Gasteiger partial charge in [0.25, 0.3) is 5.56 Å². The fourth-order valence-corrected chi connectivity index (χ4v) is 1.47. The molecule has 2 aromatic heterocycles. The Balaban J connectivity index is 2.51. The predicted molar refractivity (Wildman–Crippen MR) is 63.2 cm³/mol. The van der Waals surface area contributed by atoms with Gasteiger partial charge in [0, 0.05) is 7.05 Å². The van der Waals surface area contributed by atoms with Crippen molar-refractivity contribution in [3.63, 3.8) is 0 Å². The lowest BCUT2D eigenvalue weighted by Gasteiger charge is -1.94. The number of hydrogen-bond acceptors (Lipinski definition) is 4. The number of aliphatic carboxylic acids is 1. The quantitative estimate of drug-likeness (QED) is 0.674. The van der Waals surface area contributed by atoms with Crippen molar-refractivity contribution in [3.8, 4) is 0 Å². The maximum atomic E-state index is 11.5. The van der Waals surface area contributed by atoms with Crippen LogP contribution in [-0.4, -0.2) is 30.6 Å². The van der Waals surface area contributed by atoms with Gasteiger partial charge in [0.2, 0.25) is 0 Å². The van der Waals surface area contributed by atoms with Crippen LogP contribution in [0, 0.1) is 0 Å². The summed E-state index contributed by atoms with van der Waals surface area (Å²) in [5.41, 5.74) is -0.718. The van der Waals surface area contributed by atoms with E-state index < -0.39 is 17.2 Å². The van der Waals surface area contributed by atoms with Crippen molar-refractivity contribution < 1.29 is 9.90 Å². The van der Waals surface area contributed by atoms with Crippen LogP contribution in [0.3, 0.4) is 0 Å². The number of carbonyl (C=O) groups is 1. The molecule has 0 aliphatic rings. The molecule has 0 aliphatic carbocycles. The summed E-state index contributed by atoms with van der Waals surface area (Å²) in [6, 6.07) is 0. The number of nitrogens with one attached hydrogen (secondary N) is 2. The zero-order chi connectivity index (χ0) is 13.3. The average molecular weight is 250 g/mol. The standard InChI is InChI=1S/C10H10N4O4/c1-14-8-7(9(17)13-10(14)18)11-5(12-8)3-2-4-6(15)16/h2-3H,4H2,1H3,(H,11,12)(H,15,16)(H,13,17,18). The number of fused-ring (bicyclic) bond motifs is 1. The topological polar surface area (TPSA) is 121 Å². The fourth-order valence-electron chi connectivity index (χ4n) is 1.47. The molecule has 2 aromatic rings. The van der Waals surface area contributed by atoms with Crippen LogP contribution < -0.4 is 11.2 Å².